The Hall–Kier alpha value is -1.66. The van der Waals surface area contributed by atoms with Gasteiger partial charge in [0.1, 0.15) is 5.69 Å². The van der Waals surface area contributed by atoms with E-state index in [1.807, 2.05) is 6.07 Å². The van der Waals surface area contributed by atoms with E-state index < -0.39 is 0 Å². The second kappa shape index (κ2) is 7.38. The number of anilines is 1. The van der Waals surface area contributed by atoms with Gasteiger partial charge in [0.05, 0.1) is 11.5 Å². The van der Waals surface area contributed by atoms with Crippen molar-refractivity contribution in [3.8, 4) is 0 Å². The lowest BCUT2D eigenvalue weighted by Crippen LogP contribution is -2.37. The summed E-state index contributed by atoms with van der Waals surface area (Å²) >= 11 is 0. The van der Waals surface area contributed by atoms with Gasteiger partial charge in [-0.05, 0) is 44.8 Å². The molecule has 2 N–H and O–H groups in total. The maximum atomic E-state index is 11.1. The van der Waals surface area contributed by atoms with Crippen LogP contribution in [-0.4, -0.2) is 47.7 Å². The topological polar surface area (TPSA) is 78.6 Å². The Morgan fingerprint density at radius 2 is 2.14 bits per heavy atom. The van der Waals surface area contributed by atoms with Crippen LogP contribution in [0.15, 0.2) is 18.2 Å². The van der Waals surface area contributed by atoms with Crippen LogP contribution in [0.25, 0.3) is 0 Å². The third kappa shape index (κ3) is 4.15. The molecule has 1 aromatic rings. The number of nitrogens with zero attached hydrogens (tertiary/aromatic N) is 2. The molecule has 0 radical (unpaired) electrons. The lowest BCUT2D eigenvalue weighted by molar-refractivity contribution is -0.384. The van der Waals surface area contributed by atoms with Crippen LogP contribution in [0.1, 0.15) is 18.4 Å². The van der Waals surface area contributed by atoms with Crippen LogP contribution in [0.5, 0.6) is 0 Å². The van der Waals surface area contributed by atoms with E-state index >= 15 is 0 Å². The van der Waals surface area contributed by atoms with Crippen LogP contribution in [0, 0.1) is 23.0 Å². The minimum Gasteiger partial charge on any atom is -0.395 e. The molecule has 21 heavy (non-hydrogen) atoms. The number of nitro benzene ring substituents is 1. The Bertz CT molecular complexity index is 485. The van der Waals surface area contributed by atoms with Crippen molar-refractivity contribution in [3.05, 3.63) is 33.9 Å². The van der Waals surface area contributed by atoms with Gasteiger partial charge in [0.2, 0.25) is 0 Å². The van der Waals surface area contributed by atoms with E-state index in [0.717, 1.165) is 39.0 Å². The first-order valence-electron chi connectivity index (χ1n) is 7.43. The van der Waals surface area contributed by atoms with Gasteiger partial charge in [0, 0.05) is 18.7 Å². The number of rotatable bonds is 6. The summed E-state index contributed by atoms with van der Waals surface area (Å²) in [6.45, 7) is 5.45. The number of aliphatic hydroxyl groups excluding tert-OH is 1. The summed E-state index contributed by atoms with van der Waals surface area (Å²) in [5.74, 6) is 0.528. The largest absolute Gasteiger partial charge is 0.395 e. The lowest BCUT2D eigenvalue weighted by Gasteiger charge is -2.31. The number of hydrogen-bond donors (Lipinski definition) is 2. The highest BCUT2D eigenvalue weighted by Crippen LogP contribution is 2.28. The van der Waals surface area contributed by atoms with E-state index in [1.54, 1.807) is 19.1 Å². The number of aryl methyl sites for hydroxylation is 1. The zero-order chi connectivity index (χ0) is 15.2. The highest BCUT2D eigenvalue weighted by molar-refractivity contribution is 5.64. The van der Waals surface area contributed by atoms with E-state index in [0.29, 0.717) is 17.2 Å². The minimum atomic E-state index is -0.318. The Morgan fingerprint density at radius 3 is 2.76 bits per heavy atom. The summed E-state index contributed by atoms with van der Waals surface area (Å²) in [6, 6.07) is 5.37. The first-order valence-corrected chi connectivity index (χ1v) is 7.43. The Balaban J connectivity index is 1.90. The number of likely N-dealkylation sites (tertiary alicyclic amines) is 1. The molecule has 0 spiro atoms. The number of hydrogen-bond acceptors (Lipinski definition) is 5. The molecule has 6 nitrogen and oxygen atoms in total. The predicted octanol–water partition coefficient (Wildman–Crippen LogP) is 2.02. The van der Waals surface area contributed by atoms with Crippen molar-refractivity contribution >= 4 is 11.4 Å². The molecular weight excluding hydrogens is 270 g/mol. The van der Waals surface area contributed by atoms with Crippen LogP contribution in [-0.2, 0) is 0 Å². The molecule has 1 heterocycles. The molecule has 0 saturated carbocycles. The van der Waals surface area contributed by atoms with Crippen LogP contribution in [0.4, 0.5) is 11.4 Å². The molecule has 0 bridgehead atoms. The molecule has 1 aliphatic rings. The molecule has 1 saturated heterocycles. The van der Waals surface area contributed by atoms with Crippen molar-refractivity contribution in [1.29, 1.82) is 0 Å². The van der Waals surface area contributed by atoms with Crippen molar-refractivity contribution < 1.29 is 10.0 Å². The smallest absolute Gasteiger partial charge is 0.295 e. The second-order valence-corrected chi connectivity index (χ2v) is 5.62. The number of β-amino-alcohol motifs (C(OH)–C–C–N with tert-alkyl or cyclic N) is 1. The molecule has 1 fully saturated rings. The number of aliphatic hydroxyl groups is 1. The monoisotopic (exact) mass is 293 g/mol. The third-order valence-electron chi connectivity index (χ3n) is 4.12. The van der Waals surface area contributed by atoms with E-state index in [2.05, 4.69) is 10.2 Å². The Kier molecular flexibility index (Phi) is 5.52. The van der Waals surface area contributed by atoms with Crippen LogP contribution >= 0.6 is 0 Å². The predicted molar refractivity (Wildman–Crippen MR) is 82.6 cm³/mol. The van der Waals surface area contributed by atoms with Crippen LogP contribution < -0.4 is 5.32 Å². The summed E-state index contributed by atoms with van der Waals surface area (Å²) in [6.07, 6.45) is 2.12. The molecule has 0 unspecified atom stereocenters. The maximum Gasteiger partial charge on any atom is 0.295 e. The molecule has 1 aromatic carbocycles. The fraction of sp³-hybridized carbons (Fsp3) is 0.600. The average Bonchev–Trinajstić information content (AvgIpc) is 2.46. The van der Waals surface area contributed by atoms with E-state index in [1.165, 1.54) is 0 Å². The molecule has 0 aromatic heterocycles. The molecule has 1 aliphatic heterocycles. The second-order valence-electron chi connectivity index (χ2n) is 5.62. The Labute approximate surface area is 124 Å². The number of nitro groups is 1. The minimum absolute atomic E-state index is 0.176. The molecule has 0 amide bonds. The highest BCUT2D eigenvalue weighted by Gasteiger charge is 2.21. The Morgan fingerprint density at radius 1 is 1.43 bits per heavy atom. The van der Waals surface area contributed by atoms with Gasteiger partial charge < -0.3 is 15.3 Å². The molecular formula is C15H23N3O3. The number of benzene rings is 1. The summed E-state index contributed by atoms with van der Waals surface area (Å²) in [7, 11) is 0. The quantitative estimate of drug-likeness (QED) is 0.619. The van der Waals surface area contributed by atoms with Gasteiger partial charge in [0.25, 0.3) is 5.69 Å². The van der Waals surface area contributed by atoms with Crippen molar-refractivity contribution in [3.63, 3.8) is 0 Å². The van der Waals surface area contributed by atoms with Gasteiger partial charge in [-0.15, -0.1) is 0 Å². The molecule has 0 aliphatic carbocycles. The van der Waals surface area contributed by atoms with Gasteiger partial charge in [-0.1, -0.05) is 12.1 Å². The fourth-order valence-electron chi connectivity index (χ4n) is 2.85. The van der Waals surface area contributed by atoms with Gasteiger partial charge in [0.15, 0.2) is 0 Å². The normalized spacial score (nSPS) is 16.9. The van der Waals surface area contributed by atoms with Crippen LogP contribution in [0.3, 0.4) is 0 Å². The van der Waals surface area contributed by atoms with Crippen LogP contribution in [0.2, 0.25) is 0 Å². The van der Waals surface area contributed by atoms with Crippen molar-refractivity contribution in [2.45, 2.75) is 19.8 Å². The van der Waals surface area contributed by atoms with Crippen molar-refractivity contribution in [2.24, 2.45) is 5.92 Å². The summed E-state index contributed by atoms with van der Waals surface area (Å²) < 4.78 is 0. The SMILES string of the molecule is Cc1cccc(NCC2CCN(CCO)CC2)c1[N+](=O)[O-]. The van der Waals surface area contributed by atoms with Gasteiger partial charge in [-0.3, -0.25) is 10.1 Å². The zero-order valence-electron chi connectivity index (χ0n) is 12.4. The number of para-hydroxylation sites is 1. The van der Waals surface area contributed by atoms with Gasteiger partial charge in [-0.2, -0.15) is 0 Å². The highest BCUT2D eigenvalue weighted by atomic mass is 16.6. The van der Waals surface area contributed by atoms with Gasteiger partial charge >= 0.3 is 0 Å². The summed E-state index contributed by atoms with van der Waals surface area (Å²) in [5.41, 5.74) is 1.47. The lowest BCUT2D eigenvalue weighted by atomic mass is 9.96. The third-order valence-corrected chi connectivity index (χ3v) is 4.12. The molecule has 0 atom stereocenters. The van der Waals surface area contributed by atoms with Gasteiger partial charge in [-0.25, -0.2) is 0 Å². The molecule has 6 heteroatoms. The molecule has 116 valence electrons. The van der Waals surface area contributed by atoms with E-state index in [-0.39, 0.29) is 17.2 Å². The van der Waals surface area contributed by atoms with E-state index in [9.17, 15) is 10.1 Å². The summed E-state index contributed by atoms with van der Waals surface area (Å²) in [5, 5.41) is 23.3. The standard InChI is InChI=1S/C15H23N3O3/c1-12-3-2-4-14(15(12)18(20)21)16-11-13-5-7-17(8-6-13)9-10-19/h2-4,13,16,19H,5-11H2,1H3. The fourth-order valence-corrected chi connectivity index (χ4v) is 2.85. The maximum absolute atomic E-state index is 11.1. The number of nitrogens with one attached hydrogen (secondary N) is 1. The van der Waals surface area contributed by atoms with Crippen molar-refractivity contribution in [2.75, 3.05) is 38.1 Å². The zero-order valence-corrected chi connectivity index (χ0v) is 12.4. The van der Waals surface area contributed by atoms with E-state index in [4.69, 9.17) is 5.11 Å². The molecule has 2 rings (SSSR count). The van der Waals surface area contributed by atoms with Crippen molar-refractivity contribution in [1.82, 2.24) is 4.90 Å². The first kappa shape index (κ1) is 15.7. The number of piperidine rings is 1. The average molecular weight is 293 g/mol. The summed E-state index contributed by atoms with van der Waals surface area (Å²) in [4.78, 5) is 13.1. The first-order chi connectivity index (χ1) is 10.1.